The van der Waals surface area contributed by atoms with Gasteiger partial charge in [-0.25, -0.2) is 0 Å². The van der Waals surface area contributed by atoms with E-state index < -0.39 is 0 Å². The van der Waals surface area contributed by atoms with Crippen LogP contribution in [-0.2, 0) is 0 Å². The molecule has 2 unspecified atom stereocenters. The van der Waals surface area contributed by atoms with Crippen molar-refractivity contribution in [3.8, 4) is 0 Å². The molecule has 1 N–H and O–H groups in total. The van der Waals surface area contributed by atoms with Crippen molar-refractivity contribution in [1.29, 1.82) is 0 Å². The van der Waals surface area contributed by atoms with Crippen LogP contribution < -0.4 is 5.32 Å². The number of likely N-dealkylation sites (N-methyl/N-ethyl adjacent to an activating group) is 2. The highest BCUT2D eigenvalue weighted by Crippen LogP contribution is 2.29. The Balaban J connectivity index is 2.25. The Hall–Kier alpha value is 0.270. The van der Waals surface area contributed by atoms with Gasteiger partial charge in [-0.3, -0.25) is 0 Å². The van der Waals surface area contributed by atoms with Gasteiger partial charge in [-0.05, 0) is 26.3 Å². The molecule has 0 saturated carbocycles. The fourth-order valence-corrected chi connectivity index (χ4v) is 3.07. The molecular weight excluding hydrogens is 168 g/mol. The van der Waals surface area contributed by atoms with Gasteiger partial charge in [0.25, 0.3) is 0 Å². The van der Waals surface area contributed by atoms with E-state index in [1.165, 1.54) is 18.7 Å². The maximum Gasteiger partial charge on any atom is 0.0217 e. The largest absolute Gasteiger partial charge is 0.318 e. The zero-order valence-corrected chi connectivity index (χ0v) is 9.16. The Kier molecular flexibility index (Phi) is 4.40. The molecule has 0 aromatic rings. The summed E-state index contributed by atoms with van der Waals surface area (Å²) in [4.78, 5) is 2.49. The summed E-state index contributed by atoms with van der Waals surface area (Å²) >= 11 is 2.11. The second kappa shape index (κ2) is 5.10. The topological polar surface area (TPSA) is 15.3 Å². The summed E-state index contributed by atoms with van der Waals surface area (Å²) in [5, 5.41) is 4.01. The normalized spacial score (nSPS) is 30.0. The van der Waals surface area contributed by atoms with Crippen LogP contribution in [0.4, 0.5) is 0 Å². The number of nitrogens with one attached hydrogen (secondary N) is 1. The first-order valence-electron chi connectivity index (χ1n) is 4.72. The summed E-state index contributed by atoms with van der Waals surface area (Å²) in [6, 6.07) is 0.809. The predicted octanol–water partition coefficient (Wildman–Crippen LogP) is 1.03. The number of rotatable bonds is 4. The highest BCUT2D eigenvalue weighted by Gasteiger charge is 2.26. The molecule has 1 aliphatic rings. The van der Waals surface area contributed by atoms with Crippen LogP contribution in [0.3, 0.4) is 0 Å². The number of hydrogen-bond donors (Lipinski definition) is 1. The summed E-state index contributed by atoms with van der Waals surface area (Å²) in [6.07, 6.45) is 1.37. The second-order valence-corrected chi connectivity index (χ2v) is 5.00. The van der Waals surface area contributed by atoms with E-state index in [9.17, 15) is 0 Å². The van der Waals surface area contributed by atoms with Crippen LogP contribution in [-0.4, -0.2) is 49.1 Å². The van der Waals surface area contributed by atoms with E-state index in [2.05, 4.69) is 35.9 Å². The lowest BCUT2D eigenvalue weighted by Gasteiger charge is -2.26. The van der Waals surface area contributed by atoms with Crippen LogP contribution in [0.25, 0.3) is 0 Å². The third-order valence-corrected chi connectivity index (χ3v) is 3.93. The minimum absolute atomic E-state index is 0.809. The summed E-state index contributed by atoms with van der Waals surface area (Å²) in [5.74, 6) is 1.34. The molecule has 0 aliphatic carbocycles. The SMILES string of the molecule is CNCCN(C)C1CCSC1C. The Morgan fingerprint density at radius 2 is 2.33 bits per heavy atom. The molecule has 0 radical (unpaired) electrons. The first-order chi connectivity index (χ1) is 5.75. The van der Waals surface area contributed by atoms with Gasteiger partial charge in [-0.1, -0.05) is 6.92 Å². The molecule has 0 bridgehead atoms. The molecule has 3 heteroatoms. The monoisotopic (exact) mass is 188 g/mol. The molecule has 1 saturated heterocycles. The third-order valence-electron chi connectivity index (χ3n) is 2.62. The van der Waals surface area contributed by atoms with Crippen LogP contribution in [0.15, 0.2) is 0 Å². The highest BCUT2D eigenvalue weighted by atomic mass is 32.2. The number of thioether (sulfide) groups is 1. The van der Waals surface area contributed by atoms with Gasteiger partial charge in [0.1, 0.15) is 0 Å². The van der Waals surface area contributed by atoms with E-state index in [-0.39, 0.29) is 0 Å². The van der Waals surface area contributed by atoms with Crippen molar-refractivity contribution >= 4 is 11.8 Å². The molecule has 2 nitrogen and oxygen atoms in total. The van der Waals surface area contributed by atoms with Gasteiger partial charge < -0.3 is 10.2 Å². The minimum Gasteiger partial charge on any atom is -0.318 e. The van der Waals surface area contributed by atoms with Gasteiger partial charge in [-0.15, -0.1) is 0 Å². The second-order valence-electron chi connectivity index (χ2n) is 3.52. The maximum absolute atomic E-state index is 3.19. The average Bonchev–Trinajstić information content (AvgIpc) is 2.47. The standard InChI is InChI=1S/C9H20N2S/c1-8-9(4-7-12-8)11(3)6-5-10-2/h8-10H,4-7H2,1-3H3. The van der Waals surface area contributed by atoms with E-state index in [1.54, 1.807) is 0 Å². The maximum atomic E-state index is 3.19. The molecule has 0 amide bonds. The molecule has 1 aliphatic heterocycles. The van der Waals surface area contributed by atoms with E-state index in [0.717, 1.165) is 17.8 Å². The Morgan fingerprint density at radius 3 is 2.83 bits per heavy atom. The molecule has 72 valence electrons. The van der Waals surface area contributed by atoms with Crippen LogP contribution in [0.5, 0.6) is 0 Å². The zero-order valence-electron chi connectivity index (χ0n) is 8.34. The van der Waals surface area contributed by atoms with Gasteiger partial charge >= 0.3 is 0 Å². The van der Waals surface area contributed by atoms with Crippen molar-refractivity contribution in [2.45, 2.75) is 24.6 Å². The molecule has 0 aromatic carbocycles. The fraction of sp³-hybridized carbons (Fsp3) is 1.00. The summed E-state index contributed by atoms with van der Waals surface area (Å²) in [7, 11) is 4.26. The quantitative estimate of drug-likeness (QED) is 0.709. The van der Waals surface area contributed by atoms with Crippen molar-refractivity contribution in [2.75, 3.05) is 32.9 Å². The molecule has 1 rings (SSSR count). The summed E-state index contributed by atoms with van der Waals surface area (Å²) in [5.41, 5.74) is 0. The van der Waals surface area contributed by atoms with Crippen molar-refractivity contribution in [3.05, 3.63) is 0 Å². The first-order valence-corrected chi connectivity index (χ1v) is 5.77. The van der Waals surface area contributed by atoms with Gasteiger partial charge in [0.05, 0.1) is 0 Å². The molecule has 12 heavy (non-hydrogen) atoms. The van der Waals surface area contributed by atoms with Crippen molar-refractivity contribution in [3.63, 3.8) is 0 Å². The predicted molar refractivity (Wildman–Crippen MR) is 56.9 cm³/mol. The van der Waals surface area contributed by atoms with Gasteiger partial charge in [0.15, 0.2) is 0 Å². The lowest BCUT2D eigenvalue weighted by atomic mass is 10.1. The minimum atomic E-state index is 0.809. The number of nitrogens with zero attached hydrogens (tertiary/aromatic N) is 1. The summed E-state index contributed by atoms with van der Waals surface area (Å²) in [6.45, 7) is 4.62. The molecule has 1 heterocycles. The van der Waals surface area contributed by atoms with Gasteiger partial charge in [0.2, 0.25) is 0 Å². The molecular formula is C9H20N2S. The van der Waals surface area contributed by atoms with Crippen molar-refractivity contribution in [1.82, 2.24) is 10.2 Å². The molecule has 1 fully saturated rings. The fourth-order valence-electron chi connectivity index (χ4n) is 1.75. The van der Waals surface area contributed by atoms with Crippen LogP contribution in [0.1, 0.15) is 13.3 Å². The van der Waals surface area contributed by atoms with E-state index in [1.807, 2.05) is 7.05 Å². The van der Waals surface area contributed by atoms with Crippen LogP contribution in [0.2, 0.25) is 0 Å². The average molecular weight is 188 g/mol. The van der Waals surface area contributed by atoms with Gasteiger partial charge in [-0.2, -0.15) is 11.8 Å². The molecule has 0 aromatic heterocycles. The van der Waals surface area contributed by atoms with E-state index in [4.69, 9.17) is 0 Å². The lowest BCUT2D eigenvalue weighted by Crippen LogP contribution is -2.39. The molecule has 0 spiro atoms. The Labute approximate surface area is 80.1 Å². The van der Waals surface area contributed by atoms with E-state index in [0.29, 0.717) is 0 Å². The smallest absolute Gasteiger partial charge is 0.0217 e. The van der Waals surface area contributed by atoms with Gasteiger partial charge in [0, 0.05) is 24.4 Å². The highest BCUT2D eigenvalue weighted by molar-refractivity contribution is 8.00. The third kappa shape index (κ3) is 2.64. The van der Waals surface area contributed by atoms with Crippen molar-refractivity contribution in [2.24, 2.45) is 0 Å². The van der Waals surface area contributed by atoms with Crippen LogP contribution >= 0.6 is 11.8 Å². The number of hydrogen-bond acceptors (Lipinski definition) is 3. The lowest BCUT2D eigenvalue weighted by molar-refractivity contribution is 0.244. The summed E-state index contributed by atoms with van der Waals surface area (Å²) < 4.78 is 0. The Bertz CT molecular complexity index is 130. The first kappa shape index (κ1) is 10.4. The molecule has 2 atom stereocenters. The van der Waals surface area contributed by atoms with Crippen molar-refractivity contribution < 1.29 is 0 Å². The van der Waals surface area contributed by atoms with E-state index >= 15 is 0 Å². The Morgan fingerprint density at radius 1 is 1.58 bits per heavy atom. The van der Waals surface area contributed by atoms with Crippen LogP contribution in [0, 0.1) is 0 Å². The zero-order chi connectivity index (χ0) is 8.97.